The molecule has 0 fully saturated rings. The maximum atomic E-state index is 10.6. The number of carbonyl (C=O) groups excluding carboxylic acids is 1. The van der Waals surface area contributed by atoms with Crippen LogP contribution in [0.3, 0.4) is 0 Å². The van der Waals surface area contributed by atoms with Crippen LogP contribution >= 0.6 is 11.5 Å². The molecule has 0 unspecified atom stereocenters. The molecule has 1 heterocycles. The second-order valence-corrected chi connectivity index (χ2v) is 2.30. The Hall–Kier alpha value is -0.905. The number of hydrogen-bond acceptors (Lipinski definition) is 5. The van der Waals surface area contributed by atoms with Crippen molar-refractivity contribution in [2.75, 3.05) is 0 Å². The molecular weight excluding hydrogens is 151 g/mol. The first-order chi connectivity index (χ1) is 4.74. The average molecular weight is 154 g/mol. The smallest absolute Gasteiger partial charge is 0.378 e. The van der Waals surface area contributed by atoms with E-state index in [0.717, 1.165) is 11.5 Å². The van der Waals surface area contributed by atoms with Crippen molar-refractivity contribution < 1.29 is 9.45 Å². The van der Waals surface area contributed by atoms with Gasteiger partial charge in [-0.2, -0.15) is 4.37 Å². The Kier molecular flexibility index (Phi) is 2.01. The third-order valence-corrected chi connectivity index (χ3v) is 1.60. The van der Waals surface area contributed by atoms with Gasteiger partial charge < -0.3 is 4.65 Å². The van der Waals surface area contributed by atoms with E-state index in [9.17, 15) is 4.79 Å². The zero-order chi connectivity index (χ0) is 7.56. The Labute approximate surface area is 62.8 Å². The summed E-state index contributed by atoms with van der Waals surface area (Å²) in [5.74, 6) is -0.101. The molecule has 0 atom stereocenters. The van der Waals surface area contributed by atoms with Gasteiger partial charge in [-0.15, -0.1) is 0 Å². The van der Waals surface area contributed by atoms with Crippen molar-refractivity contribution in [1.82, 2.24) is 9.36 Å². The number of carbonyl (C=O) groups is 1. The van der Waals surface area contributed by atoms with E-state index in [1.54, 1.807) is 6.92 Å². The Morgan fingerprint density at radius 2 is 2.50 bits per heavy atom. The van der Waals surface area contributed by atoms with Crippen LogP contribution in [0.1, 0.15) is 15.6 Å². The van der Waals surface area contributed by atoms with Crippen LogP contribution in [0.15, 0.2) is 0 Å². The largest absolute Gasteiger partial charge is 0.538 e. The highest BCUT2D eigenvalue weighted by molar-refractivity contribution is 7.07. The molecule has 0 spiro atoms. The van der Waals surface area contributed by atoms with Crippen molar-refractivity contribution in [1.29, 1.82) is 0 Å². The molecule has 0 aliphatic heterocycles. The molecule has 50 valence electrons. The van der Waals surface area contributed by atoms with Gasteiger partial charge in [-0.25, -0.2) is 9.78 Å². The van der Waals surface area contributed by atoms with E-state index in [4.69, 9.17) is 0 Å². The van der Waals surface area contributed by atoms with Crippen molar-refractivity contribution in [2.45, 2.75) is 6.92 Å². The van der Waals surface area contributed by atoms with Crippen LogP contribution in [-0.2, 0) is 4.65 Å². The lowest BCUT2D eigenvalue weighted by Gasteiger charge is -1.89. The molecule has 4 nitrogen and oxygen atoms in total. The fourth-order valence-corrected chi connectivity index (χ4v) is 0.985. The second-order valence-electron chi connectivity index (χ2n) is 1.55. The fraction of sp³-hybridized carbons (Fsp3) is 0.250. The molecule has 2 radical (unpaired) electrons. The number of aryl methyl sites for hydroxylation is 1. The van der Waals surface area contributed by atoms with E-state index in [1.165, 1.54) is 0 Å². The van der Waals surface area contributed by atoms with Gasteiger partial charge in [-0.3, -0.25) is 0 Å². The summed E-state index contributed by atoms with van der Waals surface area (Å²) < 4.78 is 7.68. The molecule has 1 rings (SSSR count). The highest BCUT2D eigenvalue weighted by atomic mass is 32.1. The standard InChI is InChI=1S/C4H3BN2O2S/c1-2-6-3(10-7-2)4(8)9-5/h1H3. The predicted molar refractivity (Wildman–Crippen MR) is 35.8 cm³/mol. The van der Waals surface area contributed by atoms with Gasteiger partial charge in [-0.1, -0.05) is 0 Å². The molecule has 6 heteroatoms. The van der Waals surface area contributed by atoms with E-state index in [2.05, 4.69) is 22.1 Å². The lowest BCUT2D eigenvalue weighted by atomic mass is 10.5. The maximum Gasteiger partial charge on any atom is 0.378 e. The Bertz CT molecular complexity index is 249. The number of rotatable bonds is 1. The SMILES string of the molecule is [B]OC(=O)c1nc(C)ns1. The molecule has 0 amide bonds. The van der Waals surface area contributed by atoms with E-state index < -0.39 is 5.97 Å². The summed E-state index contributed by atoms with van der Waals surface area (Å²) in [4.78, 5) is 14.3. The number of hydrogen-bond donors (Lipinski definition) is 0. The minimum absolute atomic E-state index is 0.181. The quantitative estimate of drug-likeness (QED) is 0.537. The van der Waals surface area contributed by atoms with Gasteiger partial charge in [0.2, 0.25) is 5.01 Å². The van der Waals surface area contributed by atoms with Crippen LogP contribution in [0.25, 0.3) is 0 Å². The van der Waals surface area contributed by atoms with Crippen molar-refractivity contribution in [3.8, 4) is 0 Å². The maximum absolute atomic E-state index is 10.6. The summed E-state index contributed by atoms with van der Waals surface area (Å²) >= 11 is 0.967. The highest BCUT2D eigenvalue weighted by Gasteiger charge is 2.08. The fourth-order valence-electron chi connectivity index (χ4n) is 0.430. The summed E-state index contributed by atoms with van der Waals surface area (Å²) in [7, 11) is 4.60. The summed E-state index contributed by atoms with van der Waals surface area (Å²) in [6.07, 6.45) is 0. The van der Waals surface area contributed by atoms with Crippen LogP contribution in [0, 0.1) is 6.92 Å². The molecule has 0 bridgehead atoms. The van der Waals surface area contributed by atoms with Crippen LogP contribution in [0.5, 0.6) is 0 Å². The molecule has 1 aromatic heterocycles. The lowest BCUT2D eigenvalue weighted by molar-refractivity contribution is 0.0749. The number of nitrogens with zero attached hydrogens (tertiary/aromatic N) is 2. The molecule has 1 aromatic rings. The molecule has 0 aliphatic carbocycles. The summed E-state index contributed by atoms with van der Waals surface area (Å²) in [6.45, 7) is 1.68. The summed E-state index contributed by atoms with van der Waals surface area (Å²) in [6, 6.07) is 0. The Morgan fingerprint density at radius 3 is 2.90 bits per heavy atom. The molecule has 0 aromatic carbocycles. The monoisotopic (exact) mass is 154 g/mol. The second kappa shape index (κ2) is 2.79. The molecule has 0 aliphatic rings. The first-order valence-corrected chi connectivity index (χ1v) is 3.22. The molecular formula is C4H3BN2O2S. The van der Waals surface area contributed by atoms with E-state index in [-0.39, 0.29) is 5.01 Å². The summed E-state index contributed by atoms with van der Waals surface area (Å²) in [5.41, 5.74) is 0. The van der Waals surface area contributed by atoms with Crippen LogP contribution in [0.2, 0.25) is 0 Å². The van der Waals surface area contributed by atoms with Crippen molar-refractivity contribution in [3.05, 3.63) is 10.8 Å². The summed E-state index contributed by atoms with van der Waals surface area (Å²) in [5, 5.41) is 0.181. The van der Waals surface area contributed by atoms with Crippen LogP contribution < -0.4 is 0 Å². The zero-order valence-electron chi connectivity index (χ0n) is 5.20. The topological polar surface area (TPSA) is 52.1 Å². The minimum atomic E-state index is -0.648. The third-order valence-electron chi connectivity index (χ3n) is 0.809. The van der Waals surface area contributed by atoms with E-state index >= 15 is 0 Å². The molecule has 10 heavy (non-hydrogen) atoms. The average Bonchev–Trinajstić information content (AvgIpc) is 2.34. The zero-order valence-corrected chi connectivity index (χ0v) is 6.01. The number of aromatic nitrogens is 2. The van der Waals surface area contributed by atoms with Gasteiger partial charge in [0, 0.05) is 0 Å². The van der Waals surface area contributed by atoms with Crippen LogP contribution in [-0.4, -0.2) is 23.4 Å². The van der Waals surface area contributed by atoms with Crippen molar-refractivity contribution in [2.24, 2.45) is 0 Å². The Morgan fingerprint density at radius 1 is 1.80 bits per heavy atom. The third kappa shape index (κ3) is 1.33. The Balaban J connectivity index is 2.85. The van der Waals surface area contributed by atoms with Crippen LogP contribution in [0.4, 0.5) is 0 Å². The van der Waals surface area contributed by atoms with Gasteiger partial charge in [0.15, 0.2) is 0 Å². The first kappa shape index (κ1) is 7.20. The van der Waals surface area contributed by atoms with Gasteiger partial charge >= 0.3 is 14.0 Å². The molecule has 0 N–H and O–H groups in total. The predicted octanol–water partition coefficient (Wildman–Crippen LogP) is 0.0868. The van der Waals surface area contributed by atoms with E-state index in [0.29, 0.717) is 5.82 Å². The van der Waals surface area contributed by atoms with Crippen molar-refractivity contribution in [3.63, 3.8) is 0 Å². The minimum Gasteiger partial charge on any atom is -0.538 e. The lowest BCUT2D eigenvalue weighted by Crippen LogP contribution is -2.00. The van der Waals surface area contributed by atoms with E-state index in [1.807, 2.05) is 0 Å². The molecule has 0 saturated carbocycles. The highest BCUT2D eigenvalue weighted by Crippen LogP contribution is 2.03. The normalized spacial score (nSPS) is 9.30. The van der Waals surface area contributed by atoms with Crippen molar-refractivity contribution >= 4 is 25.6 Å². The van der Waals surface area contributed by atoms with Gasteiger partial charge in [0.25, 0.3) is 0 Å². The van der Waals surface area contributed by atoms with Gasteiger partial charge in [0.05, 0.1) is 0 Å². The van der Waals surface area contributed by atoms with Gasteiger partial charge in [0.1, 0.15) is 5.82 Å². The van der Waals surface area contributed by atoms with Gasteiger partial charge in [-0.05, 0) is 18.5 Å². The first-order valence-electron chi connectivity index (χ1n) is 2.45. The molecule has 0 saturated heterocycles.